The van der Waals surface area contributed by atoms with Crippen molar-refractivity contribution in [3.8, 4) is 0 Å². The first-order chi connectivity index (χ1) is 2.00. The number of hydrogen-bond acceptors (Lipinski definition) is 2. The van der Waals surface area contributed by atoms with Crippen molar-refractivity contribution in [1.29, 1.82) is 0 Å². The van der Waals surface area contributed by atoms with Gasteiger partial charge >= 0.3 is 51.3 Å². The molecule has 0 unspecified atom stereocenters. The Labute approximate surface area is 56.2 Å². The molecule has 6 heteroatoms. The van der Waals surface area contributed by atoms with Crippen LogP contribution in [0.2, 0.25) is 0 Å². The van der Waals surface area contributed by atoms with Gasteiger partial charge in [0.2, 0.25) is 0 Å². The average molecular weight is 266 g/mol. The predicted octanol–water partition coefficient (Wildman–Crippen LogP) is -1.49. The Hall–Kier alpha value is 1.12. The second-order valence-corrected chi connectivity index (χ2v) is 3.96. The van der Waals surface area contributed by atoms with Gasteiger partial charge in [0, 0.05) is 0 Å². The van der Waals surface area contributed by atoms with Crippen molar-refractivity contribution in [2.75, 3.05) is 0 Å². The molecular weight excluding hydrogens is 263 g/mol. The second kappa shape index (κ2) is 3.16. The molecule has 0 atom stereocenters. The number of rotatable bonds is 0. The van der Waals surface area contributed by atoms with E-state index in [1.807, 2.05) is 0 Å². The van der Waals surface area contributed by atoms with Crippen LogP contribution in [0, 0.1) is 33.5 Å². The van der Waals surface area contributed by atoms with Crippen LogP contribution in [0.5, 0.6) is 0 Å². The van der Waals surface area contributed by atoms with E-state index in [0.717, 1.165) is 0 Å². The summed E-state index contributed by atoms with van der Waals surface area (Å²) in [6.45, 7) is 0. The van der Waals surface area contributed by atoms with Crippen LogP contribution in [0.3, 0.4) is 0 Å². The Balaban J connectivity index is 0. The molecule has 0 aliphatic heterocycles. The standard InChI is InChI=1S/Er.HO3S.H2O/c;1-4(2)3;/h;(H,1,2,3);1H2. The Kier molecular flexibility index (Phi) is 5.36. The van der Waals surface area contributed by atoms with Crippen molar-refractivity contribution in [1.82, 2.24) is 0 Å². The summed E-state index contributed by atoms with van der Waals surface area (Å²) in [5, 5.41) is 0. The van der Waals surface area contributed by atoms with E-state index in [4.69, 9.17) is 13.0 Å². The molecule has 45 valence electrons. The monoisotopic (exact) mass is 265 g/mol. The number of hydrogen-bond donors (Lipinski definition) is 1. The zero-order chi connectivity index (χ0) is 4.50. The average Bonchev–Trinajstić information content (AvgIpc) is 0.722. The van der Waals surface area contributed by atoms with Crippen LogP contribution in [-0.2, 0) is 4.74 Å². The summed E-state index contributed by atoms with van der Waals surface area (Å²) in [6.07, 6.45) is 0. The molecule has 0 amide bonds. The van der Waals surface area contributed by atoms with Crippen molar-refractivity contribution < 1.29 is 52.0 Å². The van der Waals surface area contributed by atoms with Crippen molar-refractivity contribution >= 4 is 4.74 Å². The molecule has 0 rings (SSSR count). The van der Waals surface area contributed by atoms with E-state index in [9.17, 15) is 0 Å². The Morgan fingerprint density at radius 2 is 1.50 bits per heavy atom. The molecule has 6 heavy (non-hydrogen) atoms. The molecule has 0 aromatic rings. The fourth-order valence-corrected chi connectivity index (χ4v) is 0. The van der Waals surface area contributed by atoms with Gasteiger partial charge in [-0.2, -0.15) is 0 Å². The van der Waals surface area contributed by atoms with Gasteiger partial charge in [-0.3, -0.25) is 0 Å². The molecule has 0 fully saturated rings. The van der Waals surface area contributed by atoms with Gasteiger partial charge in [-0.1, -0.05) is 0 Å². The molecule has 0 heterocycles. The van der Waals surface area contributed by atoms with E-state index in [1.165, 1.54) is 33.5 Å². The van der Waals surface area contributed by atoms with Gasteiger partial charge in [0.05, 0.1) is 0 Å². The molecule has 0 radical (unpaired) electrons. The maximum atomic E-state index is 9.15. The molecule has 4 nitrogen and oxygen atoms in total. The zero-order valence-electron chi connectivity index (χ0n) is 2.46. The third-order valence-corrected chi connectivity index (χ3v) is 0. The van der Waals surface area contributed by atoms with E-state index in [-0.39, 0.29) is 5.48 Å². The normalized spacial score (nSPS) is 9.83. The summed E-state index contributed by atoms with van der Waals surface area (Å²) in [5.41, 5.74) is 0. The van der Waals surface area contributed by atoms with Gasteiger partial charge in [-0.05, 0) is 0 Å². The molecule has 0 aromatic heterocycles. The molecule has 0 aliphatic carbocycles. The first-order valence-electron chi connectivity index (χ1n) is 0.634. The Morgan fingerprint density at radius 3 is 1.50 bits per heavy atom. The van der Waals surface area contributed by atoms with Crippen LogP contribution in [-0.4, -0.2) is 18.4 Å². The summed E-state index contributed by atoms with van der Waals surface area (Å²) in [5.74, 6) is 0. The fraction of sp³-hybridized carbons (Fsp3) is 0. The van der Waals surface area contributed by atoms with Crippen LogP contribution >= 0.6 is 0 Å². The first-order valence-corrected chi connectivity index (χ1v) is 4.17. The minimum atomic E-state index is -3.75. The van der Waals surface area contributed by atoms with Crippen LogP contribution < -0.4 is 0 Å². The molecule has 0 bridgehead atoms. The van der Waals surface area contributed by atoms with E-state index in [0.29, 0.717) is 0 Å². The van der Waals surface area contributed by atoms with E-state index >= 15 is 0 Å². The maximum absolute atomic E-state index is 9.15. The third-order valence-electron chi connectivity index (χ3n) is 0. The van der Waals surface area contributed by atoms with Gasteiger partial charge in [0.25, 0.3) is 0 Å². The second-order valence-electron chi connectivity index (χ2n) is 0.366. The topological polar surface area (TPSA) is 85.9 Å². The van der Waals surface area contributed by atoms with Crippen LogP contribution in [0.4, 0.5) is 0 Å². The van der Waals surface area contributed by atoms with Gasteiger partial charge in [0.1, 0.15) is 0 Å². The minimum absolute atomic E-state index is 0. The molecule has 0 aliphatic rings. The quantitative estimate of drug-likeness (QED) is 0.542. The fourth-order valence-electron chi connectivity index (χ4n) is 0. The van der Waals surface area contributed by atoms with Gasteiger partial charge in [-0.25, -0.2) is 0 Å². The summed E-state index contributed by atoms with van der Waals surface area (Å²) in [6, 6.07) is 0. The SMILES string of the molecule is O.O=[S](=O)(O)[Er]. The van der Waals surface area contributed by atoms with Gasteiger partial charge in [-0.15, -0.1) is 0 Å². The summed E-state index contributed by atoms with van der Waals surface area (Å²) in [7, 11) is 0. The van der Waals surface area contributed by atoms with Crippen molar-refractivity contribution in [3.63, 3.8) is 0 Å². The zero-order valence-corrected chi connectivity index (χ0v) is 5.13. The molecule has 0 saturated heterocycles. The molecule has 3 N–H and O–H groups in total. The van der Waals surface area contributed by atoms with Crippen molar-refractivity contribution in [2.24, 2.45) is 0 Å². The summed E-state index contributed by atoms with van der Waals surface area (Å²) >= 11 is 1.24. The molecule has 0 aromatic carbocycles. The van der Waals surface area contributed by atoms with E-state index in [2.05, 4.69) is 0 Å². The van der Waals surface area contributed by atoms with Crippen molar-refractivity contribution in [3.05, 3.63) is 0 Å². The van der Waals surface area contributed by atoms with Crippen LogP contribution in [0.1, 0.15) is 0 Å². The van der Waals surface area contributed by atoms with Gasteiger partial charge in [0.15, 0.2) is 0 Å². The molecule has 0 saturated carbocycles. The van der Waals surface area contributed by atoms with Crippen molar-refractivity contribution in [2.45, 2.75) is 0 Å². The third kappa shape index (κ3) is 69.5. The summed E-state index contributed by atoms with van der Waals surface area (Å²) < 4.78 is 22.0. The van der Waals surface area contributed by atoms with Crippen LogP contribution in [0.15, 0.2) is 0 Å². The Morgan fingerprint density at radius 1 is 1.50 bits per heavy atom. The summed E-state index contributed by atoms with van der Waals surface area (Å²) in [4.78, 5) is 0. The van der Waals surface area contributed by atoms with E-state index in [1.54, 1.807) is 0 Å². The molecular formula is H3ErO4S. The Bertz CT molecular complexity index is 90.7. The predicted molar refractivity (Wildman–Crippen MR) is 15.2 cm³/mol. The van der Waals surface area contributed by atoms with Crippen LogP contribution in [0.25, 0.3) is 0 Å². The first kappa shape index (κ1) is 10.2. The van der Waals surface area contributed by atoms with E-state index < -0.39 is 4.74 Å². The molecule has 0 spiro atoms. The van der Waals surface area contributed by atoms with Gasteiger partial charge < -0.3 is 5.48 Å².